The van der Waals surface area contributed by atoms with Crippen LogP contribution in [0.15, 0.2) is 35.5 Å². The lowest BCUT2D eigenvalue weighted by atomic mass is 10.2. The lowest BCUT2D eigenvalue weighted by Crippen LogP contribution is -2.35. The number of esters is 1. The highest BCUT2D eigenvalue weighted by molar-refractivity contribution is 7.99. The number of ether oxygens (including phenoxy) is 1. The summed E-state index contributed by atoms with van der Waals surface area (Å²) in [7, 11) is 0. The Morgan fingerprint density at radius 1 is 1.24 bits per heavy atom. The second-order valence-corrected chi connectivity index (χ2v) is 6.17. The normalized spacial score (nSPS) is 11.8. The monoisotopic (exact) mass is 362 g/mol. The molecule has 8 heteroatoms. The van der Waals surface area contributed by atoms with Gasteiger partial charge in [0.15, 0.2) is 17.1 Å². The van der Waals surface area contributed by atoms with Gasteiger partial charge in [0.2, 0.25) is 0 Å². The third kappa shape index (κ3) is 5.06. The van der Waals surface area contributed by atoms with Gasteiger partial charge < -0.3 is 14.6 Å². The summed E-state index contributed by atoms with van der Waals surface area (Å²) < 4.78 is 7.07. The number of nitrogens with zero attached hydrogens (tertiary/aromatic N) is 3. The molecule has 0 fully saturated rings. The minimum atomic E-state index is -0.808. The summed E-state index contributed by atoms with van der Waals surface area (Å²) in [6.45, 7) is 6.54. The molecule has 2 rings (SSSR count). The molecule has 1 heterocycles. The Balaban J connectivity index is 1.98. The van der Waals surface area contributed by atoms with E-state index in [1.54, 1.807) is 6.92 Å². The first-order valence-electron chi connectivity index (χ1n) is 8.15. The molecule has 0 saturated carbocycles. The maximum atomic E-state index is 11.9. The standard InChI is InChI=1S/C17H22N4O3S/c1-4-18-16(23)12(3)24-14(22)11-25-17-20-19-15(21(17)5-2)13-9-7-6-8-10-13/h6-10,12H,4-5,11H2,1-3H3,(H,18,23)/t12-/m1/s1. The van der Waals surface area contributed by atoms with E-state index in [1.807, 2.05) is 48.7 Å². The van der Waals surface area contributed by atoms with E-state index < -0.39 is 12.1 Å². The fourth-order valence-corrected chi connectivity index (χ4v) is 2.99. The number of thioether (sulfide) groups is 1. The average Bonchev–Trinajstić information content (AvgIpc) is 3.03. The molecule has 0 bridgehead atoms. The molecule has 1 N–H and O–H groups in total. The van der Waals surface area contributed by atoms with Crippen LogP contribution in [0.5, 0.6) is 0 Å². The number of likely N-dealkylation sites (N-methyl/N-ethyl adjacent to an activating group) is 1. The first kappa shape index (κ1) is 19.0. The van der Waals surface area contributed by atoms with Crippen molar-refractivity contribution in [2.45, 2.75) is 38.6 Å². The minimum absolute atomic E-state index is 0.0661. The SMILES string of the molecule is CCNC(=O)[C@@H](C)OC(=O)CSc1nnc(-c2ccccc2)n1CC. The van der Waals surface area contributed by atoms with Crippen molar-refractivity contribution in [3.8, 4) is 11.4 Å². The molecule has 0 unspecified atom stereocenters. The van der Waals surface area contributed by atoms with Crippen molar-refractivity contribution >= 4 is 23.6 Å². The summed E-state index contributed by atoms with van der Waals surface area (Å²) in [6.07, 6.45) is -0.808. The summed E-state index contributed by atoms with van der Waals surface area (Å²) in [5.74, 6) is 0.0608. The zero-order valence-electron chi connectivity index (χ0n) is 14.6. The zero-order chi connectivity index (χ0) is 18.2. The van der Waals surface area contributed by atoms with Crippen LogP contribution in [-0.2, 0) is 20.9 Å². The van der Waals surface area contributed by atoms with Crippen LogP contribution in [0.3, 0.4) is 0 Å². The van der Waals surface area contributed by atoms with Crippen LogP contribution in [0, 0.1) is 0 Å². The molecule has 1 aromatic heterocycles. The molecule has 0 aliphatic carbocycles. The third-order valence-electron chi connectivity index (χ3n) is 3.41. The van der Waals surface area contributed by atoms with E-state index >= 15 is 0 Å². The number of carbonyl (C=O) groups excluding carboxylic acids is 2. The van der Waals surface area contributed by atoms with Gasteiger partial charge in [-0.25, -0.2) is 0 Å². The van der Waals surface area contributed by atoms with E-state index in [9.17, 15) is 9.59 Å². The molecule has 134 valence electrons. The van der Waals surface area contributed by atoms with Crippen LogP contribution in [0.25, 0.3) is 11.4 Å². The number of aromatic nitrogens is 3. The lowest BCUT2D eigenvalue weighted by Gasteiger charge is -2.12. The molecule has 0 aliphatic rings. The molecule has 25 heavy (non-hydrogen) atoms. The number of amides is 1. The summed E-state index contributed by atoms with van der Waals surface area (Å²) in [6, 6.07) is 9.76. The van der Waals surface area contributed by atoms with Crippen molar-refractivity contribution in [1.82, 2.24) is 20.1 Å². The van der Waals surface area contributed by atoms with E-state index in [2.05, 4.69) is 15.5 Å². The number of carbonyl (C=O) groups is 2. The van der Waals surface area contributed by atoms with Gasteiger partial charge in [0.05, 0.1) is 5.75 Å². The molecule has 1 amide bonds. The van der Waals surface area contributed by atoms with Crippen molar-refractivity contribution < 1.29 is 14.3 Å². The van der Waals surface area contributed by atoms with Crippen LogP contribution in [0.4, 0.5) is 0 Å². The Labute approximate surface area is 151 Å². The number of hydrogen-bond acceptors (Lipinski definition) is 6. The Bertz CT molecular complexity index is 718. The quantitative estimate of drug-likeness (QED) is 0.572. The van der Waals surface area contributed by atoms with E-state index in [0.29, 0.717) is 18.2 Å². The van der Waals surface area contributed by atoms with Crippen molar-refractivity contribution in [3.05, 3.63) is 30.3 Å². The van der Waals surface area contributed by atoms with Crippen LogP contribution < -0.4 is 5.32 Å². The lowest BCUT2D eigenvalue weighted by molar-refractivity contribution is -0.152. The molecule has 0 radical (unpaired) electrons. The largest absolute Gasteiger partial charge is 0.452 e. The maximum absolute atomic E-state index is 11.9. The molecule has 0 saturated heterocycles. The molecular formula is C17H22N4O3S. The van der Waals surface area contributed by atoms with E-state index in [1.165, 1.54) is 11.8 Å². The van der Waals surface area contributed by atoms with Gasteiger partial charge in [-0.15, -0.1) is 10.2 Å². The summed E-state index contributed by atoms with van der Waals surface area (Å²) in [5, 5.41) is 11.6. The smallest absolute Gasteiger partial charge is 0.317 e. The van der Waals surface area contributed by atoms with Crippen molar-refractivity contribution in [2.75, 3.05) is 12.3 Å². The molecular weight excluding hydrogens is 340 g/mol. The number of rotatable bonds is 8. The Morgan fingerprint density at radius 3 is 2.60 bits per heavy atom. The van der Waals surface area contributed by atoms with Gasteiger partial charge in [0, 0.05) is 18.7 Å². The van der Waals surface area contributed by atoms with Gasteiger partial charge in [0.1, 0.15) is 0 Å². The Kier molecular flexibility index (Phi) is 7.00. The number of benzene rings is 1. The van der Waals surface area contributed by atoms with Gasteiger partial charge in [-0.05, 0) is 20.8 Å². The zero-order valence-corrected chi connectivity index (χ0v) is 15.4. The van der Waals surface area contributed by atoms with Gasteiger partial charge in [-0.1, -0.05) is 42.1 Å². The third-order valence-corrected chi connectivity index (χ3v) is 4.35. The van der Waals surface area contributed by atoms with Crippen LogP contribution in [0.1, 0.15) is 20.8 Å². The predicted octanol–water partition coefficient (Wildman–Crippen LogP) is 2.12. The van der Waals surface area contributed by atoms with E-state index in [-0.39, 0.29) is 11.7 Å². The van der Waals surface area contributed by atoms with Crippen LogP contribution >= 0.6 is 11.8 Å². The maximum Gasteiger partial charge on any atom is 0.317 e. The second kappa shape index (κ2) is 9.22. The summed E-state index contributed by atoms with van der Waals surface area (Å²) >= 11 is 1.25. The van der Waals surface area contributed by atoms with Gasteiger partial charge in [-0.2, -0.15) is 0 Å². The molecule has 2 aromatic rings. The number of hydrogen-bond donors (Lipinski definition) is 1. The van der Waals surface area contributed by atoms with Crippen molar-refractivity contribution in [2.24, 2.45) is 0 Å². The number of nitrogens with one attached hydrogen (secondary N) is 1. The van der Waals surface area contributed by atoms with Crippen molar-refractivity contribution in [3.63, 3.8) is 0 Å². The fourth-order valence-electron chi connectivity index (χ4n) is 2.21. The van der Waals surface area contributed by atoms with Gasteiger partial charge in [0.25, 0.3) is 5.91 Å². The van der Waals surface area contributed by atoms with E-state index in [0.717, 1.165) is 11.4 Å². The second-order valence-electron chi connectivity index (χ2n) is 5.23. The molecule has 1 aromatic carbocycles. The van der Waals surface area contributed by atoms with E-state index in [4.69, 9.17) is 4.74 Å². The highest BCUT2D eigenvalue weighted by Gasteiger charge is 2.19. The highest BCUT2D eigenvalue weighted by Crippen LogP contribution is 2.23. The van der Waals surface area contributed by atoms with Gasteiger partial charge >= 0.3 is 5.97 Å². The Morgan fingerprint density at radius 2 is 1.96 bits per heavy atom. The predicted molar refractivity (Wildman–Crippen MR) is 96.1 cm³/mol. The van der Waals surface area contributed by atoms with Crippen molar-refractivity contribution in [1.29, 1.82) is 0 Å². The summed E-state index contributed by atoms with van der Waals surface area (Å²) in [4.78, 5) is 23.5. The summed E-state index contributed by atoms with van der Waals surface area (Å²) in [5.41, 5.74) is 0.969. The molecule has 7 nitrogen and oxygen atoms in total. The van der Waals surface area contributed by atoms with Gasteiger partial charge in [-0.3, -0.25) is 9.59 Å². The van der Waals surface area contributed by atoms with Crippen LogP contribution in [-0.4, -0.2) is 45.0 Å². The molecule has 0 spiro atoms. The Hall–Kier alpha value is -2.35. The fraction of sp³-hybridized carbons (Fsp3) is 0.412. The highest BCUT2D eigenvalue weighted by atomic mass is 32.2. The molecule has 1 atom stereocenters. The van der Waals surface area contributed by atoms with Crippen LogP contribution in [0.2, 0.25) is 0 Å². The molecule has 0 aliphatic heterocycles. The first-order valence-corrected chi connectivity index (χ1v) is 9.14. The topological polar surface area (TPSA) is 86.1 Å². The average molecular weight is 362 g/mol. The minimum Gasteiger partial charge on any atom is -0.452 e. The first-order chi connectivity index (χ1) is 12.1.